The van der Waals surface area contributed by atoms with Crippen molar-refractivity contribution in [2.75, 3.05) is 24.3 Å². The number of ketones is 1. The predicted molar refractivity (Wildman–Crippen MR) is 87.9 cm³/mol. The molecule has 0 amide bonds. The van der Waals surface area contributed by atoms with Gasteiger partial charge in [-0.2, -0.15) is 0 Å². The zero-order valence-corrected chi connectivity index (χ0v) is 14.3. The number of rotatable bonds is 4. The summed E-state index contributed by atoms with van der Waals surface area (Å²) in [7, 11) is 0. The Bertz CT molecular complexity index is 617. The molecule has 0 aromatic carbocycles. The number of aromatic nitrogens is 2. The molecule has 23 heavy (non-hydrogen) atoms. The predicted octanol–water partition coefficient (Wildman–Crippen LogP) is 2.32. The lowest BCUT2D eigenvalue weighted by molar-refractivity contribution is -0.146. The van der Waals surface area contributed by atoms with E-state index in [1.165, 1.54) is 24.6 Å². The second kappa shape index (κ2) is 6.86. The number of esters is 1. The average Bonchev–Trinajstić information content (AvgIpc) is 3.09. The van der Waals surface area contributed by atoms with E-state index in [2.05, 4.69) is 14.9 Å². The number of anilines is 1. The first-order chi connectivity index (χ1) is 11.2. The van der Waals surface area contributed by atoms with E-state index >= 15 is 0 Å². The van der Waals surface area contributed by atoms with Crippen LogP contribution in [-0.4, -0.2) is 47.2 Å². The summed E-state index contributed by atoms with van der Waals surface area (Å²) < 4.78 is 5.09. The molecule has 0 bridgehead atoms. The van der Waals surface area contributed by atoms with Gasteiger partial charge in [-0.15, -0.1) is 0 Å². The highest BCUT2D eigenvalue weighted by Crippen LogP contribution is 2.35. The highest BCUT2D eigenvalue weighted by molar-refractivity contribution is 7.98. The van der Waals surface area contributed by atoms with Crippen LogP contribution in [0, 0.1) is 5.92 Å². The first kappa shape index (κ1) is 16.2. The summed E-state index contributed by atoms with van der Waals surface area (Å²) in [5.74, 6) is -0.756. The van der Waals surface area contributed by atoms with Crippen molar-refractivity contribution in [2.24, 2.45) is 5.92 Å². The number of ether oxygens (including phenoxy) is 1. The number of nitrogens with zero attached hydrogens (tertiary/aromatic N) is 3. The molecule has 1 aromatic heterocycles. The summed E-state index contributed by atoms with van der Waals surface area (Å²) in [6, 6.07) is 0.336. The van der Waals surface area contributed by atoms with E-state index in [1.807, 2.05) is 6.26 Å². The third-order valence-corrected chi connectivity index (χ3v) is 5.06. The lowest BCUT2D eigenvalue weighted by atomic mass is 9.92. The highest BCUT2D eigenvalue weighted by atomic mass is 32.2. The Morgan fingerprint density at radius 3 is 2.83 bits per heavy atom. The maximum Gasteiger partial charge on any atom is 0.318 e. The Morgan fingerprint density at radius 1 is 1.43 bits per heavy atom. The largest absolute Gasteiger partial charge is 0.465 e. The number of Topliss-reactive ketones (excluding diaryl/α,β-unsaturated/α-hetero) is 1. The van der Waals surface area contributed by atoms with Crippen molar-refractivity contribution < 1.29 is 14.3 Å². The summed E-state index contributed by atoms with van der Waals surface area (Å²) >= 11 is 1.45. The molecule has 1 atom stereocenters. The minimum atomic E-state index is -0.772. The highest BCUT2D eigenvalue weighted by Gasteiger charge is 2.41. The van der Waals surface area contributed by atoms with E-state index in [4.69, 9.17) is 4.74 Å². The van der Waals surface area contributed by atoms with E-state index in [9.17, 15) is 9.59 Å². The number of carbonyl (C=O) groups excluding carboxylic acids is 2. The van der Waals surface area contributed by atoms with Crippen molar-refractivity contribution >= 4 is 29.3 Å². The van der Waals surface area contributed by atoms with Gasteiger partial charge in [-0.3, -0.25) is 9.59 Å². The van der Waals surface area contributed by atoms with Crippen LogP contribution in [0.1, 0.15) is 43.0 Å². The summed E-state index contributed by atoms with van der Waals surface area (Å²) in [6.45, 7) is 2.39. The summed E-state index contributed by atoms with van der Waals surface area (Å²) in [5, 5.41) is 0.647. The Kier molecular flexibility index (Phi) is 4.84. The summed E-state index contributed by atoms with van der Waals surface area (Å²) in [4.78, 5) is 35.8. The third kappa shape index (κ3) is 3.06. The zero-order chi connectivity index (χ0) is 16.4. The quantitative estimate of drug-likeness (QED) is 0.362. The van der Waals surface area contributed by atoms with Gasteiger partial charge >= 0.3 is 5.97 Å². The van der Waals surface area contributed by atoms with Gasteiger partial charge in [0.25, 0.3) is 0 Å². The van der Waals surface area contributed by atoms with Crippen LogP contribution in [-0.2, 0) is 9.53 Å². The maximum absolute atomic E-state index is 12.7. The molecule has 1 aromatic rings. The normalized spacial score (nSPS) is 21.4. The monoisotopic (exact) mass is 335 g/mol. The number of hydrogen-bond donors (Lipinski definition) is 0. The van der Waals surface area contributed by atoms with E-state index in [0.717, 1.165) is 12.8 Å². The molecule has 2 aliphatic rings. The molecule has 1 unspecified atom stereocenters. The van der Waals surface area contributed by atoms with Crippen LogP contribution in [0.2, 0.25) is 0 Å². The van der Waals surface area contributed by atoms with Crippen LogP contribution in [0.5, 0.6) is 0 Å². The van der Waals surface area contributed by atoms with Crippen molar-refractivity contribution in [3.05, 3.63) is 11.8 Å². The van der Waals surface area contributed by atoms with E-state index in [-0.39, 0.29) is 12.4 Å². The van der Waals surface area contributed by atoms with Gasteiger partial charge in [0.1, 0.15) is 11.7 Å². The van der Waals surface area contributed by atoms with Crippen molar-refractivity contribution in [3.63, 3.8) is 0 Å². The number of fused-ring (bicyclic) bond motifs is 1. The molecular formula is C16H21N3O3S. The van der Waals surface area contributed by atoms with Crippen LogP contribution in [0.3, 0.4) is 0 Å². The molecule has 124 valence electrons. The third-order valence-electron chi connectivity index (χ3n) is 4.50. The fourth-order valence-corrected chi connectivity index (χ4v) is 3.70. The summed E-state index contributed by atoms with van der Waals surface area (Å²) in [6.07, 6.45) is 7.96. The molecule has 1 fully saturated rings. The minimum Gasteiger partial charge on any atom is -0.465 e. The molecular weight excluding hydrogens is 314 g/mol. The van der Waals surface area contributed by atoms with Crippen molar-refractivity contribution in [1.29, 1.82) is 0 Å². The van der Waals surface area contributed by atoms with Crippen molar-refractivity contribution in [3.8, 4) is 0 Å². The molecule has 0 N–H and O–H groups in total. The van der Waals surface area contributed by atoms with Crippen LogP contribution >= 0.6 is 11.8 Å². The molecule has 3 rings (SSSR count). The van der Waals surface area contributed by atoms with Gasteiger partial charge in [0, 0.05) is 18.8 Å². The fraction of sp³-hybridized carbons (Fsp3) is 0.625. The van der Waals surface area contributed by atoms with Crippen LogP contribution in [0.25, 0.3) is 0 Å². The topological polar surface area (TPSA) is 72.4 Å². The Morgan fingerprint density at radius 2 is 2.17 bits per heavy atom. The van der Waals surface area contributed by atoms with Gasteiger partial charge in [-0.05, 0) is 26.0 Å². The molecule has 2 heterocycles. The number of thioether (sulfide) groups is 1. The lowest BCUT2D eigenvalue weighted by Gasteiger charge is -2.37. The standard InChI is InChI=1S/C16H21N3O3S/c1-3-22-15(21)12-9-19(10-6-4-5-7-10)14-11(13(12)20)8-17-16(18-14)23-2/h8,10,12H,3-7,9H2,1-2H3. The van der Waals surface area contributed by atoms with Gasteiger partial charge in [0.2, 0.25) is 0 Å². The lowest BCUT2D eigenvalue weighted by Crippen LogP contribution is -2.48. The van der Waals surface area contributed by atoms with Gasteiger partial charge in [-0.1, -0.05) is 24.6 Å². The Balaban J connectivity index is 1.99. The maximum atomic E-state index is 12.7. The van der Waals surface area contributed by atoms with Gasteiger partial charge in [0.15, 0.2) is 10.9 Å². The SMILES string of the molecule is CCOC(=O)C1CN(C2CCCC2)c2nc(SC)ncc2C1=O. The van der Waals surface area contributed by atoms with E-state index < -0.39 is 11.9 Å². The van der Waals surface area contributed by atoms with Crippen molar-refractivity contribution in [2.45, 2.75) is 43.8 Å². The van der Waals surface area contributed by atoms with Crippen LogP contribution in [0.15, 0.2) is 11.4 Å². The molecule has 1 saturated carbocycles. The van der Waals surface area contributed by atoms with E-state index in [0.29, 0.717) is 29.1 Å². The van der Waals surface area contributed by atoms with Gasteiger partial charge in [0.05, 0.1) is 12.2 Å². The van der Waals surface area contributed by atoms with Gasteiger partial charge < -0.3 is 9.64 Å². The first-order valence-corrected chi connectivity index (χ1v) is 9.26. The van der Waals surface area contributed by atoms with Crippen LogP contribution in [0.4, 0.5) is 5.82 Å². The van der Waals surface area contributed by atoms with Crippen LogP contribution < -0.4 is 4.90 Å². The van der Waals surface area contributed by atoms with E-state index in [1.54, 1.807) is 13.1 Å². The molecule has 0 saturated heterocycles. The molecule has 1 aliphatic carbocycles. The zero-order valence-electron chi connectivity index (χ0n) is 13.4. The molecule has 1 aliphatic heterocycles. The van der Waals surface area contributed by atoms with Gasteiger partial charge in [-0.25, -0.2) is 9.97 Å². The van der Waals surface area contributed by atoms with Crippen molar-refractivity contribution in [1.82, 2.24) is 9.97 Å². The Hall–Kier alpha value is -1.63. The second-order valence-electron chi connectivity index (χ2n) is 5.85. The first-order valence-electron chi connectivity index (χ1n) is 8.04. The fourth-order valence-electron chi connectivity index (χ4n) is 3.36. The minimum absolute atomic E-state index is 0.222. The molecule has 0 spiro atoms. The molecule has 0 radical (unpaired) electrons. The number of hydrogen-bond acceptors (Lipinski definition) is 7. The molecule has 7 heteroatoms. The molecule has 6 nitrogen and oxygen atoms in total. The second-order valence-corrected chi connectivity index (χ2v) is 6.63. The summed E-state index contributed by atoms with van der Waals surface area (Å²) in [5.41, 5.74) is 0.444. The average molecular weight is 335 g/mol. The smallest absolute Gasteiger partial charge is 0.318 e. The number of carbonyl (C=O) groups is 2. The Labute approximate surface area is 140 Å².